The fourth-order valence-electron chi connectivity index (χ4n) is 0. The van der Waals surface area contributed by atoms with E-state index in [0.29, 0.717) is 0 Å². The van der Waals surface area contributed by atoms with E-state index in [1.54, 1.807) is 20.8 Å². The Morgan fingerprint density at radius 1 is 1.40 bits per heavy atom. The molecule has 0 aliphatic rings. The molecule has 0 rings (SSSR count). The van der Waals surface area contributed by atoms with Crippen molar-refractivity contribution < 1.29 is 6.53 Å². The maximum absolute atomic E-state index is 8.52. The van der Waals surface area contributed by atoms with E-state index in [1.165, 1.54) is 0 Å². The molecule has 0 bridgehead atoms. The number of hydrogen-bond acceptors (Lipinski definition) is 1. The normalized spacial score (nSPS) is 12.0. The molecule has 5 heavy (non-hydrogen) atoms. The van der Waals surface area contributed by atoms with Gasteiger partial charge in [-0.15, -0.1) is 0 Å². The minimum Gasteiger partial charge on any atom is -0.391 e. The zero-order valence-electron chi connectivity index (χ0n) is 4.95. The molecule has 1 heteroatoms. The summed E-state index contributed by atoms with van der Waals surface area (Å²) in [5.41, 5.74) is -0.500. The highest BCUT2D eigenvalue weighted by molar-refractivity contribution is 4.50. The van der Waals surface area contributed by atoms with Crippen LogP contribution in [0.15, 0.2) is 0 Å². The fraction of sp³-hybridized carbons (Fsp3) is 1.00. The highest BCUT2D eigenvalue weighted by Gasteiger charge is 1.97. The van der Waals surface area contributed by atoms with E-state index in [2.05, 4.69) is 0 Å². The van der Waals surface area contributed by atoms with Crippen LogP contribution in [0.5, 0.6) is 0 Å². The molecule has 0 saturated carbocycles. The van der Waals surface area contributed by atoms with Crippen molar-refractivity contribution in [3.63, 3.8) is 0 Å². The van der Waals surface area contributed by atoms with E-state index in [9.17, 15) is 0 Å². The quantitative estimate of drug-likeness (QED) is 0.454. The standard InChI is InChI=1S/C4H10O.H/c1-4(2,3)5;/h5H,1-3H3;/i;1+1. The van der Waals surface area contributed by atoms with Gasteiger partial charge in [0.15, 0.2) is 0 Å². The number of aliphatic hydroxyl groups is 1. The van der Waals surface area contributed by atoms with Crippen LogP contribution in [0.4, 0.5) is 0 Å². The van der Waals surface area contributed by atoms with Gasteiger partial charge in [0, 0.05) is 1.43 Å². The Morgan fingerprint density at radius 3 is 1.40 bits per heavy atom. The van der Waals surface area contributed by atoms with E-state index < -0.39 is 5.60 Å². The van der Waals surface area contributed by atoms with Crippen molar-refractivity contribution in [2.75, 3.05) is 0 Å². The summed E-state index contributed by atoms with van der Waals surface area (Å²) in [6, 6.07) is 0. The van der Waals surface area contributed by atoms with Crippen LogP contribution in [-0.2, 0) is 0 Å². The van der Waals surface area contributed by atoms with Crippen LogP contribution in [0.2, 0.25) is 0 Å². The molecule has 0 aromatic heterocycles. The summed E-state index contributed by atoms with van der Waals surface area (Å²) in [5.74, 6) is 0. The van der Waals surface area contributed by atoms with E-state index in [-0.39, 0.29) is 1.43 Å². The van der Waals surface area contributed by atoms with Crippen LogP contribution in [0.25, 0.3) is 0 Å². The topological polar surface area (TPSA) is 20.2 Å². The molecule has 0 heterocycles. The smallest absolute Gasteiger partial charge is 0.0563 e. The minimum atomic E-state index is -0.500. The van der Waals surface area contributed by atoms with Crippen LogP contribution in [0, 0.1) is 0 Å². The average Bonchev–Trinajstić information content (AvgIpc) is 0.722. The van der Waals surface area contributed by atoms with Gasteiger partial charge in [-0.05, 0) is 20.8 Å². The van der Waals surface area contributed by atoms with Crippen molar-refractivity contribution in [3.05, 3.63) is 0 Å². The van der Waals surface area contributed by atoms with Gasteiger partial charge < -0.3 is 5.11 Å². The van der Waals surface area contributed by atoms with Crippen LogP contribution >= 0.6 is 0 Å². The van der Waals surface area contributed by atoms with Crippen molar-refractivity contribution in [1.29, 1.82) is 0 Å². The molecule has 0 unspecified atom stereocenters. The van der Waals surface area contributed by atoms with E-state index in [1.807, 2.05) is 0 Å². The summed E-state index contributed by atoms with van der Waals surface area (Å²) in [6.07, 6.45) is 0. The van der Waals surface area contributed by atoms with Crippen molar-refractivity contribution >= 4 is 0 Å². The molecule has 0 aromatic carbocycles. The third-order valence-corrected chi connectivity index (χ3v) is 0. The second-order valence-electron chi connectivity index (χ2n) is 2.17. The SMILES string of the molecule is CC(C)(C)O.[2H]. The second-order valence-corrected chi connectivity index (χ2v) is 2.17. The molecule has 0 fully saturated rings. The molecular formula is C4H11O. The summed E-state index contributed by atoms with van der Waals surface area (Å²) in [4.78, 5) is 0. The summed E-state index contributed by atoms with van der Waals surface area (Å²) < 4.78 is 0. The Kier molecular flexibility index (Phi) is 0.969. The molecule has 0 aliphatic carbocycles. The first-order chi connectivity index (χ1) is 2.00. The monoisotopic (exact) mass is 76.1 g/mol. The molecule has 33 valence electrons. The molecule has 1 N–H and O–H groups in total. The third kappa shape index (κ3) is 9510. The Morgan fingerprint density at radius 2 is 1.40 bits per heavy atom. The molecule has 1 nitrogen and oxygen atoms in total. The molecule has 0 atom stereocenters. The summed E-state index contributed by atoms with van der Waals surface area (Å²) >= 11 is 0. The zero-order chi connectivity index (χ0) is 4.50. The first kappa shape index (κ1) is 4.96. The average molecular weight is 76.1 g/mol. The maximum atomic E-state index is 8.52. The van der Waals surface area contributed by atoms with Crippen LogP contribution in [0.1, 0.15) is 22.2 Å². The van der Waals surface area contributed by atoms with E-state index in [0.717, 1.165) is 0 Å². The van der Waals surface area contributed by atoms with Gasteiger partial charge in [0.05, 0.1) is 5.60 Å². The molecule has 0 aromatic rings. The maximum Gasteiger partial charge on any atom is 0.0563 e. The van der Waals surface area contributed by atoms with E-state index >= 15 is 0 Å². The van der Waals surface area contributed by atoms with Gasteiger partial charge in [-0.1, -0.05) is 0 Å². The van der Waals surface area contributed by atoms with Crippen LogP contribution in [0.3, 0.4) is 0 Å². The predicted octanol–water partition coefficient (Wildman–Crippen LogP) is 0.890. The Hall–Kier alpha value is -0.0400. The van der Waals surface area contributed by atoms with Crippen molar-refractivity contribution in [2.24, 2.45) is 0 Å². The molecule has 0 amide bonds. The number of hydrogen-bond donors (Lipinski definition) is 1. The highest BCUT2D eigenvalue weighted by Crippen LogP contribution is 1.93. The minimum absolute atomic E-state index is 0. The Bertz CT molecular complexity index is 23.0. The van der Waals surface area contributed by atoms with Gasteiger partial charge in [-0.2, -0.15) is 0 Å². The summed E-state index contributed by atoms with van der Waals surface area (Å²) in [7, 11) is 0. The van der Waals surface area contributed by atoms with E-state index in [4.69, 9.17) is 5.11 Å². The largest absolute Gasteiger partial charge is 0.391 e. The van der Waals surface area contributed by atoms with Gasteiger partial charge in [-0.25, -0.2) is 0 Å². The molecule has 0 saturated heterocycles. The van der Waals surface area contributed by atoms with Crippen molar-refractivity contribution in [3.8, 4) is 0 Å². The summed E-state index contributed by atoms with van der Waals surface area (Å²) in [5, 5.41) is 8.52. The number of rotatable bonds is 0. The van der Waals surface area contributed by atoms with Crippen molar-refractivity contribution in [1.82, 2.24) is 0 Å². The lowest BCUT2D eigenvalue weighted by atomic mass is 10.2. The van der Waals surface area contributed by atoms with Gasteiger partial charge in [0.1, 0.15) is 0 Å². The highest BCUT2D eigenvalue weighted by atomic mass is 16.3. The Labute approximate surface area is 34.1 Å². The fourth-order valence-corrected chi connectivity index (χ4v) is 0. The van der Waals surface area contributed by atoms with Gasteiger partial charge in [0.2, 0.25) is 0 Å². The molecule has 1 radical (unpaired) electrons. The first-order valence-electron chi connectivity index (χ1n) is 1.72. The lowest BCUT2D eigenvalue weighted by molar-refractivity contribution is 0.102. The molecule has 0 aliphatic heterocycles. The van der Waals surface area contributed by atoms with Gasteiger partial charge in [0.25, 0.3) is 0 Å². The second kappa shape index (κ2) is 0.977. The lowest BCUT2D eigenvalue weighted by Gasteiger charge is -2.04. The zero-order valence-corrected chi connectivity index (χ0v) is 3.95. The summed E-state index contributed by atoms with van der Waals surface area (Å²) in [6.45, 7) is 5.23. The van der Waals surface area contributed by atoms with Crippen molar-refractivity contribution in [2.45, 2.75) is 26.4 Å². The van der Waals surface area contributed by atoms with Gasteiger partial charge in [-0.3, -0.25) is 0 Å². The molecular weight excluding hydrogens is 64.0 g/mol. The first-order valence-corrected chi connectivity index (χ1v) is 1.72. The lowest BCUT2D eigenvalue weighted by Crippen LogP contribution is -2.10. The van der Waals surface area contributed by atoms with Crippen LogP contribution in [-0.4, -0.2) is 10.7 Å². The predicted molar refractivity (Wildman–Crippen MR) is 23.1 cm³/mol. The van der Waals surface area contributed by atoms with Crippen LogP contribution < -0.4 is 0 Å². The van der Waals surface area contributed by atoms with Gasteiger partial charge >= 0.3 is 0 Å². The third-order valence-electron chi connectivity index (χ3n) is 0. The molecule has 0 spiro atoms. The Balaban J connectivity index is 0.